The van der Waals surface area contributed by atoms with Gasteiger partial charge in [0.25, 0.3) is 0 Å². The van der Waals surface area contributed by atoms with Gasteiger partial charge in [-0.15, -0.1) is 0 Å². The number of carboxylic acid groups (broad SMARTS) is 1. The summed E-state index contributed by atoms with van der Waals surface area (Å²) in [5.74, 6) is 0.730. The van der Waals surface area contributed by atoms with E-state index in [4.69, 9.17) is 14.3 Å². The fraction of sp³-hybridized carbons (Fsp3) is 0.267. The van der Waals surface area contributed by atoms with Gasteiger partial charge in [-0.05, 0) is 31.0 Å². The van der Waals surface area contributed by atoms with E-state index in [1.165, 1.54) is 6.07 Å². The van der Waals surface area contributed by atoms with Crippen molar-refractivity contribution in [3.05, 3.63) is 53.0 Å². The standard InChI is InChI=1S/C15H16O4/c1-3-11-6-4-5-7-14(11)18-9-12-8-13(15(16)17)10(2)19-12/h4-8H,3,9H2,1-2H3,(H,16,17). The second-order valence-electron chi connectivity index (χ2n) is 4.24. The summed E-state index contributed by atoms with van der Waals surface area (Å²) >= 11 is 0. The number of carbonyl (C=O) groups is 1. The SMILES string of the molecule is CCc1ccccc1OCc1cc(C(=O)O)c(C)o1. The molecule has 1 aromatic heterocycles. The Bertz CT molecular complexity index is 584. The van der Waals surface area contributed by atoms with Crippen LogP contribution in [0.3, 0.4) is 0 Å². The van der Waals surface area contributed by atoms with E-state index in [1.54, 1.807) is 6.92 Å². The molecule has 1 N–H and O–H groups in total. The molecule has 19 heavy (non-hydrogen) atoms. The summed E-state index contributed by atoms with van der Waals surface area (Å²) in [6, 6.07) is 9.28. The Morgan fingerprint density at radius 1 is 1.37 bits per heavy atom. The molecule has 0 fully saturated rings. The highest BCUT2D eigenvalue weighted by atomic mass is 16.5. The van der Waals surface area contributed by atoms with Gasteiger partial charge in [-0.2, -0.15) is 0 Å². The van der Waals surface area contributed by atoms with Gasteiger partial charge < -0.3 is 14.3 Å². The van der Waals surface area contributed by atoms with Crippen LogP contribution in [0.4, 0.5) is 0 Å². The number of aryl methyl sites for hydroxylation is 2. The van der Waals surface area contributed by atoms with Crippen molar-refractivity contribution in [2.24, 2.45) is 0 Å². The Kier molecular flexibility index (Phi) is 3.90. The van der Waals surface area contributed by atoms with E-state index < -0.39 is 5.97 Å². The summed E-state index contributed by atoms with van der Waals surface area (Å²) in [5, 5.41) is 8.95. The van der Waals surface area contributed by atoms with Crippen molar-refractivity contribution < 1.29 is 19.1 Å². The van der Waals surface area contributed by atoms with Gasteiger partial charge in [0.05, 0.1) is 0 Å². The summed E-state index contributed by atoms with van der Waals surface area (Å²) in [4.78, 5) is 10.9. The van der Waals surface area contributed by atoms with Gasteiger partial charge in [-0.3, -0.25) is 0 Å². The molecule has 0 bridgehead atoms. The second kappa shape index (κ2) is 5.61. The molecule has 1 aromatic carbocycles. The highest BCUT2D eigenvalue weighted by Gasteiger charge is 2.14. The Hall–Kier alpha value is -2.23. The van der Waals surface area contributed by atoms with E-state index in [2.05, 4.69) is 6.92 Å². The summed E-state index contributed by atoms with van der Waals surface area (Å²) in [6.45, 7) is 3.92. The number of carboxylic acids is 1. The molecule has 4 nitrogen and oxygen atoms in total. The predicted octanol–water partition coefficient (Wildman–Crippen LogP) is 3.43. The molecule has 0 amide bonds. The maximum Gasteiger partial charge on any atom is 0.339 e. The molecule has 0 saturated heterocycles. The molecule has 0 aliphatic carbocycles. The van der Waals surface area contributed by atoms with E-state index in [9.17, 15) is 4.79 Å². The van der Waals surface area contributed by atoms with Gasteiger partial charge >= 0.3 is 5.97 Å². The highest BCUT2D eigenvalue weighted by molar-refractivity contribution is 5.88. The van der Waals surface area contributed by atoms with Crippen LogP contribution >= 0.6 is 0 Å². The van der Waals surface area contributed by atoms with Crippen LogP contribution in [-0.4, -0.2) is 11.1 Å². The normalized spacial score (nSPS) is 10.4. The minimum Gasteiger partial charge on any atom is -0.485 e. The number of hydrogen-bond donors (Lipinski definition) is 1. The molecule has 0 aliphatic rings. The van der Waals surface area contributed by atoms with Gasteiger partial charge in [-0.1, -0.05) is 25.1 Å². The van der Waals surface area contributed by atoms with Crippen molar-refractivity contribution in [3.8, 4) is 5.75 Å². The lowest BCUT2D eigenvalue weighted by Crippen LogP contribution is -1.97. The van der Waals surface area contributed by atoms with Crippen LogP contribution in [0.1, 0.15) is 34.4 Å². The lowest BCUT2D eigenvalue weighted by molar-refractivity contribution is 0.0695. The zero-order valence-electron chi connectivity index (χ0n) is 11.0. The highest BCUT2D eigenvalue weighted by Crippen LogP contribution is 2.21. The monoisotopic (exact) mass is 260 g/mol. The molecule has 0 saturated carbocycles. The molecule has 1 heterocycles. The molecular formula is C15H16O4. The van der Waals surface area contributed by atoms with Crippen LogP contribution in [0, 0.1) is 6.92 Å². The van der Waals surface area contributed by atoms with E-state index in [1.807, 2.05) is 24.3 Å². The number of ether oxygens (including phenoxy) is 1. The molecule has 2 aromatic rings. The number of para-hydroxylation sites is 1. The predicted molar refractivity (Wildman–Crippen MR) is 70.6 cm³/mol. The van der Waals surface area contributed by atoms with Gasteiger partial charge in [0.1, 0.15) is 29.4 Å². The topological polar surface area (TPSA) is 59.7 Å². The Balaban J connectivity index is 2.10. The quantitative estimate of drug-likeness (QED) is 0.894. The first kappa shape index (κ1) is 13.2. The lowest BCUT2D eigenvalue weighted by Gasteiger charge is -2.08. The molecule has 4 heteroatoms. The van der Waals surface area contributed by atoms with Crippen molar-refractivity contribution in [1.82, 2.24) is 0 Å². The van der Waals surface area contributed by atoms with Crippen molar-refractivity contribution in [3.63, 3.8) is 0 Å². The molecule has 0 radical (unpaired) electrons. The lowest BCUT2D eigenvalue weighted by atomic mass is 10.1. The minimum absolute atomic E-state index is 0.183. The Morgan fingerprint density at radius 3 is 2.74 bits per heavy atom. The van der Waals surface area contributed by atoms with Gasteiger partial charge in [0.2, 0.25) is 0 Å². The van der Waals surface area contributed by atoms with E-state index in [-0.39, 0.29) is 12.2 Å². The molecule has 100 valence electrons. The first-order valence-electron chi connectivity index (χ1n) is 6.15. The second-order valence-corrected chi connectivity index (χ2v) is 4.24. The smallest absolute Gasteiger partial charge is 0.339 e. The number of benzene rings is 1. The molecule has 0 atom stereocenters. The van der Waals surface area contributed by atoms with Crippen LogP contribution in [0.25, 0.3) is 0 Å². The van der Waals surface area contributed by atoms with Crippen molar-refractivity contribution in [2.75, 3.05) is 0 Å². The number of rotatable bonds is 5. The largest absolute Gasteiger partial charge is 0.485 e. The zero-order chi connectivity index (χ0) is 13.8. The van der Waals surface area contributed by atoms with Crippen LogP contribution < -0.4 is 4.74 Å². The number of aromatic carboxylic acids is 1. The average molecular weight is 260 g/mol. The molecule has 2 rings (SSSR count). The Labute approximate surface area is 111 Å². The van der Waals surface area contributed by atoms with Gasteiger partial charge in [0.15, 0.2) is 0 Å². The van der Waals surface area contributed by atoms with Gasteiger partial charge in [0, 0.05) is 0 Å². The van der Waals surface area contributed by atoms with Crippen LogP contribution in [-0.2, 0) is 13.0 Å². The fourth-order valence-corrected chi connectivity index (χ4v) is 1.91. The summed E-state index contributed by atoms with van der Waals surface area (Å²) in [6.07, 6.45) is 0.883. The summed E-state index contributed by atoms with van der Waals surface area (Å²) in [5.41, 5.74) is 1.30. The number of hydrogen-bond acceptors (Lipinski definition) is 3. The molecule has 0 aliphatic heterocycles. The van der Waals surface area contributed by atoms with Crippen molar-refractivity contribution in [2.45, 2.75) is 26.9 Å². The van der Waals surface area contributed by atoms with Crippen LogP contribution in [0.5, 0.6) is 5.75 Å². The molecular weight excluding hydrogens is 244 g/mol. The Morgan fingerprint density at radius 2 is 2.11 bits per heavy atom. The summed E-state index contributed by atoms with van der Waals surface area (Å²) < 4.78 is 11.0. The third-order valence-electron chi connectivity index (χ3n) is 2.92. The maximum absolute atomic E-state index is 10.9. The van der Waals surface area contributed by atoms with Crippen LogP contribution in [0.2, 0.25) is 0 Å². The number of furan rings is 1. The fourth-order valence-electron chi connectivity index (χ4n) is 1.91. The van der Waals surface area contributed by atoms with Crippen molar-refractivity contribution in [1.29, 1.82) is 0 Å². The summed E-state index contributed by atoms with van der Waals surface area (Å²) in [7, 11) is 0. The molecule has 0 unspecified atom stereocenters. The van der Waals surface area contributed by atoms with E-state index in [0.717, 1.165) is 17.7 Å². The zero-order valence-corrected chi connectivity index (χ0v) is 11.0. The average Bonchev–Trinajstić information content (AvgIpc) is 2.78. The first-order chi connectivity index (χ1) is 9.11. The minimum atomic E-state index is -0.985. The van der Waals surface area contributed by atoms with Gasteiger partial charge in [-0.25, -0.2) is 4.79 Å². The third kappa shape index (κ3) is 2.96. The van der Waals surface area contributed by atoms with E-state index in [0.29, 0.717) is 11.5 Å². The van der Waals surface area contributed by atoms with E-state index >= 15 is 0 Å². The van der Waals surface area contributed by atoms with Crippen molar-refractivity contribution >= 4 is 5.97 Å². The first-order valence-corrected chi connectivity index (χ1v) is 6.15. The third-order valence-corrected chi connectivity index (χ3v) is 2.92. The maximum atomic E-state index is 10.9. The van der Waals surface area contributed by atoms with Crippen LogP contribution in [0.15, 0.2) is 34.7 Å². The molecule has 0 spiro atoms.